The molecule has 1 atom stereocenters. The number of likely N-dealkylation sites (tertiary alicyclic amines) is 1. The molecule has 18 heavy (non-hydrogen) atoms. The molecule has 1 aliphatic heterocycles. The second kappa shape index (κ2) is 5.59. The van der Waals surface area contributed by atoms with Crippen LogP contribution in [0, 0.1) is 6.92 Å². The molecule has 0 aromatic heterocycles. The molecule has 0 saturated carbocycles. The monoisotopic (exact) mass is 268 g/mol. The maximum Gasteiger partial charge on any atom is 0.321 e. The first-order chi connectivity index (χ1) is 8.56. The van der Waals surface area contributed by atoms with E-state index in [9.17, 15) is 9.90 Å². The highest BCUT2D eigenvalue weighted by Crippen LogP contribution is 2.20. The van der Waals surface area contributed by atoms with Crippen LogP contribution in [0.3, 0.4) is 0 Å². The van der Waals surface area contributed by atoms with E-state index in [1.165, 1.54) is 0 Å². The smallest absolute Gasteiger partial charge is 0.321 e. The van der Waals surface area contributed by atoms with Gasteiger partial charge in [0.15, 0.2) is 0 Å². The highest BCUT2D eigenvalue weighted by Gasteiger charge is 2.22. The minimum atomic E-state index is -0.407. The third-order valence-electron chi connectivity index (χ3n) is 3.11. The molecule has 1 fully saturated rings. The summed E-state index contributed by atoms with van der Waals surface area (Å²) in [6.45, 7) is 2.99. The molecule has 1 saturated heterocycles. The number of nitrogens with one attached hydrogen (secondary N) is 1. The summed E-state index contributed by atoms with van der Waals surface area (Å²) in [5.41, 5.74) is 1.68. The number of nitrogens with zero attached hydrogens (tertiary/aromatic N) is 1. The lowest BCUT2D eigenvalue weighted by Crippen LogP contribution is -2.44. The number of urea groups is 1. The van der Waals surface area contributed by atoms with Crippen molar-refractivity contribution in [1.29, 1.82) is 0 Å². The second-order valence-electron chi connectivity index (χ2n) is 4.63. The number of aryl methyl sites for hydroxylation is 1. The van der Waals surface area contributed by atoms with Crippen LogP contribution in [0.4, 0.5) is 10.5 Å². The van der Waals surface area contributed by atoms with Gasteiger partial charge >= 0.3 is 6.03 Å². The number of carbonyl (C=O) groups is 1. The first-order valence-electron chi connectivity index (χ1n) is 6.06. The van der Waals surface area contributed by atoms with Crippen molar-refractivity contribution in [3.63, 3.8) is 0 Å². The minimum absolute atomic E-state index is 0.167. The van der Waals surface area contributed by atoms with Gasteiger partial charge in [0.1, 0.15) is 0 Å². The standard InChI is InChI=1S/C13H17ClN2O2/c1-9-7-10(14)4-5-12(9)15-13(18)16-6-2-3-11(17)8-16/h4-5,7,11,17H,2-3,6,8H2,1H3,(H,15,18). The van der Waals surface area contributed by atoms with Crippen molar-refractivity contribution >= 4 is 23.3 Å². The van der Waals surface area contributed by atoms with Gasteiger partial charge in [-0.05, 0) is 43.5 Å². The van der Waals surface area contributed by atoms with Crippen molar-refractivity contribution in [1.82, 2.24) is 4.90 Å². The average Bonchev–Trinajstić information content (AvgIpc) is 2.32. The number of amides is 2. The molecular formula is C13H17ClN2O2. The lowest BCUT2D eigenvalue weighted by atomic mass is 10.1. The molecule has 1 heterocycles. The summed E-state index contributed by atoms with van der Waals surface area (Å²) in [5, 5.41) is 13.0. The number of anilines is 1. The van der Waals surface area contributed by atoms with Gasteiger partial charge in [-0.15, -0.1) is 0 Å². The minimum Gasteiger partial charge on any atom is -0.391 e. The van der Waals surface area contributed by atoms with Crippen molar-refractivity contribution in [2.24, 2.45) is 0 Å². The zero-order valence-corrected chi connectivity index (χ0v) is 11.1. The number of hydrogen-bond donors (Lipinski definition) is 2. The molecule has 5 heteroatoms. The fourth-order valence-corrected chi connectivity index (χ4v) is 2.33. The van der Waals surface area contributed by atoms with E-state index in [4.69, 9.17) is 11.6 Å². The topological polar surface area (TPSA) is 52.6 Å². The van der Waals surface area contributed by atoms with Crippen molar-refractivity contribution in [3.8, 4) is 0 Å². The third-order valence-corrected chi connectivity index (χ3v) is 3.35. The Kier molecular flexibility index (Phi) is 4.09. The molecule has 0 aliphatic carbocycles. The van der Waals surface area contributed by atoms with E-state index in [0.717, 1.165) is 24.1 Å². The molecule has 0 bridgehead atoms. The van der Waals surface area contributed by atoms with Crippen LogP contribution in [-0.2, 0) is 0 Å². The van der Waals surface area contributed by atoms with Crippen molar-refractivity contribution in [2.75, 3.05) is 18.4 Å². The summed E-state index contributed by atoms with van der Waals surface area (Å²) in [4.78, 5) is 13.7. The van der Waals surface area contributed by atoms with E-state index >= 15 is 0 Å². The van der Waals surface area contributed by atoms with Crippen molar-refractivity contribution in [2.45, 2.75) is 25.9 Å². The molecule has 0 radical (unpaired) electrons. The van der Waals surface area contributed by atoms with Crippen LogP contribution < -0.4 is 5.32 Å². The molecular weight excluding hydrogens is 252 g/mol. The summed E-state index contributed by atoms with van der Waals surface area (Å²) in [7, 11) is 0. The lowest BCUT2D eigenvalue weighted by Gasteiger charge is -2.30. The Bertz CT molecular complexity index is 451. The number of β-amino-alcohol motifs (C(OH)–C–C–N with tert-alkyl or cyclic N) is 1. The SMILES string of the molecule is Cc1cc(Cl)ccc1NC(=O)N1CCCC(O)C1. The Morgan fingerprint density at radius 2 is 2.33 bits per heavy atom. The van der Waals surface area contributed by atoms with E-state index < -0.39 is 6.10 Å². The number of rotatable bonds is 1. The lowest BCUT2D eigenvalue weighted by molar-refractivity contribution is 0.0883. The molecule has 2 amide bonds. The van der Waals surface area contributed by atoms with Crippen LogP contribution in [0.1, 0.15) is 18.4 Å². The van der Waals surface area contributed by atoms with Crippen LogP contribution in [-0.4, -0.2) is 35.2 Å². The Balaban J connectivity index is 2.02. The molecule has 1 aromatic rings. The van der Waals surface area contributed by atoms with Gasteiger partial charge in [-0.25, -0.2) is 4.79 Å². The molecule has 0 spiro atoms. The number of piperidine rings is 1. The highest BCUT2D eigenvalue weighted by atomic mass is 35.5. The van der Waals surface area contributed by atoms with Gasteiger partial charge in [-0.2, -0.15) is 0 Å². The summed E-state index contributed by atoms with van der Waals surface area (Å²) in [5.74, 6) is 0. The molecule has 98 valence electrons. The number of benzene rings is 1. The van der Waals surface area contributed by atoms with E-state index in [0.29, 0.717) is 18.1 Å². The number of carbonyl (C=O) groups excluding carboxylic acids is 1. The zero-order valence-electron chi connectivity index (χ0n) is 10.3. The zero-order chi connectivity index (χ0) is 13.1. The van der Waals surface area contributed by atoms with E-state index in [2.05, 4.69) is 5.32 Å². The van der Waals surface area contributed by atoms with E-state index in [1.54, 1.807) is 17.0 Å². The van der Waals surface area contributed by atoms with Crippen LogP contribution in [0.15, 0.2) is 18.2 Å². The Labute approximate surface area is 112 Å². The van der Waals surface area contributed by atoms with Crippen LogP contribution in [0.5, 0.6) is 0 Å². The van der Waals surface area contributed by atoms with Crippen LogP contribution >= 0.6 is 11.6 Å². The maximum atomic E-state index is 12.0. The van der Waals surface area contributed by atoms with Gasteiger partial charge < -0.3 is 15.3 Å². The Morgan fingerprint density at radius 3 is 3.00 bits per heavy atom. The van der Waals surface area contributed by atoms with Gasteiger partial charge in [-0.3, -0.25) is 0 Å². The van der Waals surface area contributed by atoms with E-state index in [1.807, 2.05) is 13.0 Å². The van der Waals surface area contributed by atoms with E-state index in [-0.39, 0.29) is 6.03 Å². The van der Waals surface area contributed by atoms with Gasteiger partial charge in [0.2, 0.25) is 0 Å². The van der Waals surface area contributed by atoms with Gasteiger partial charge in [0.05, 0.1) is 6.10 Å². The third kappa shape index (κ3) is 3.15. The summed E-state index contributed by atoms with van der Waals surface area (Å²) >= 11 is 5.87. The van der Waals surface area contributed by atoms with Gasteiger partial charge in [-0.1, -0.05) is 11.6 Å². The quantitative estimate of drug-likeness (QED) is 0.823. The second-order valence-corrected chi connectivity index (χ2v) is 5.07. The molecule has 2 N–H and O–H groups in total. The first kappa shape index (κ1) is 13.2. The van der Waals surface area contributed by atoms with Crippen LogP contribution in [0.25, 0.3) is 0 Å². The normalized spacial score (nSPS) is 19.7. The predicted molar refractivity (Wildman–Crippen MR) is 72.0 cm³/mol. The molecule has 4 nitrogen and oxygen atoms in total. The fourth-order valence-electron chi connectivity index (χ4n) is 2.10. The number of halogens is 1. The number of aliphatic hydroxyl groups is 1. The van der Waals surface area contributed by atoms with Crippen molar-refractivity contribution < 1.29 is 9.90 Å². The predicted octanol–water partition coefficient (Wildman–Crippen LogP) is 2.64. The Hall–Kier alpha value is -1.26. The number of hydrogen-bond acceptors (Lipinski definition) is 2. The Morgan fingerprint density at radius 1 is 1.56 bits per heavy atom. The van der Waals surface area contributed by atoms with Gasteiger partial charge in [0, 0.05) is 23.8 Å². The van der Waals surface area contributed by atoms with Crippen LogP contribution in [0.2, 0.25) is 5.02 Å². The average molecular weight is 269 g/mol. The first-order valence-corrected chi connectivity index (χ1v) is 6.44. The summed E-state index contributed by atoms with van der Waals surface area (Å²) in [6, 6.07) is 5.17. The highest BCUT2D eigenvalue weighted by molar-refractivity contribution is 6.30. The van der Waals surface area contributed by atoms with Gasteiger partial charge in [0.25, 0.3) is 0 Å². The summed E-state index contributed by atoms with van der Waals surface area (Å²) < 4.78 is 0. The number of aliphatic hydroxyl groups excluding tert-OH is 1. The molecule has 1 unspecified atom stereocenters. The largest absolute Gasteiger partial charge is 0.391 e. The molecule has 1 aromatic carbocycles. The summed E-state index contributed by atoms with van der Waals surface area (Å²) in [6.07, 6.45) is 1.20. The maximum absolute atomic E-state index is 12.0. The van der Waals surface area contributed by atoms with Crippen molar-refractivity contribution in [3.05, 3.63) is 28.8 Å². The molecule has 1 aliphatic rings. The fraction of sp³-hybridized carbons (Fsp3) is 0.462. The molecule has 2 rings (SSSR count).